The number of morpholine rings is 1. The van der Waals surface area contributed by atoms with Crippen LogP contribution in [-0.4, -0.2) is 56.2 Å². The van der Waals surface area contributed by atoms with Crippen LogP contribution in [0.15, 0.2) is 24.3 Å². The van der Waals surface area contributed by atoms with Gasteiger partial charge < -0.3 is 15.4 Å². The number of halogens is 2. The Hall–Kier alpha value is -1.21. The van der Waals surface area contributed by atoms with Crippen molar-refractivity contribution in [1.29, 1.82) is 0 Å². The number of nitrogens with one attached hydrogen (secondary N) is 2. The number of hydrogen-bond donors (Lipinski definition) is 2. The Balaban J connectivity index is 0.00000243. The first-order chi connectivity index (χ1) is 12.1. The van der Waals surface area contributed by atoms with E-state index < -0.39 is 0 Å². The fourth-order valence-electron chi connectivity index (χ4n) is 3.74. The molecule has 3 rings (SSSR count). The van der Waals surface area contributed by atoms with Crippen molar-refractivity contribution < 1.29 is 13.9 Å². The van der Waals surface area contributed by atoms with Crippen LogP contribution in [-0.2, 0) is 9.53 Å². The van der Waals surface area contributed by atoms with E-state index in [1.165, 1.54) is 12.1 Å². The molecule has 0 saturated carbocycles. The second kappa shape index (κ2) is 10.2. The number of carbonyl (C=O) groups is 1. The van der Waals surface area contributed by atoms with Gasteiger partial charge in [-0.2, -0.15) is 0 Å². The van der Waals surface area contributed by atoms with Crippen molar-refractivity contribution in [1.82, 2.24) is 15.5 Å². The minimum absolute atomic E-state index is 0. The van der Waals surface area contributed by atoms with Crippen LogP contribution in [0.1, 0.15) is 31.4 Å². The van der Waals surface area contributed by atoms with Crippen LogP contribution in [0.25, 0.3) is 0 Å². The van der Waals surface area contributed by atoms with E-state index in [4.69, 9.17) is 4.74 Å². The van der Waals surface area contributed by atoms with Gasteiger partial charge in [-0.15, -0.1) is 12.4 Å². The lowest BCUT2D eigenvalue weighted by molar-refractivity contribution is -0.126. The number of carbonyl (C=O) groups excluding carboxylic acids is 1. The number of amides is 1. The zero-order valence-corrected chi connectivity index (χ0v) is 16.1. The van der Waals surface area contributed by atoms with E-state index >= 15 is 0 Å². The van der Waals surface area contributed by atoms with Gasteiger partial charge in [0, 0.05) is 31.6 Å². The molecule has 1 unspecified atom stereocenters. The lowest BCUT2D eigenvalue weighted by Gasteiger charge is -2.35. The standard InChI is InChI=1S/C19H28FN3O2.ClH/c1-14-12-16(6-7-21-14)19(24)22-13-18(23-8-10-25-11-9-23)15-2-4-17(20)5-3-15;/h2-5,14,16,18,21H,6-13H2,1H3,(H,22,24);1H/t14-,16-,18?;/m0./s1. The summed E-state index contributed by atoms with van der Waals surface area (Å²) < 4.78 is 18.7. The molecule has 2 aliphatic rings. The van der Waals surface area contributed by atoms with Crippen molar-refractivity contribution in [3.8, 4) is 0 Å². The van der Waals surface area contributed by atoms with Gasteiger partial charge in [-0.05, 0) is 44.0 Å². The van der Waals surface area contributed by atoms with E-state index in [0.717, 1.165) is 38.0 Å². The summed E-state index contributed by atoms with van der Waals surface area (Å²) in [5.74, 6) is -0.0271. The molecule has 146 valence electrons. The van der Waals surface area contributed by atoms with Crippen LogP contribution in [0, 0.1) is 11.7 Å². The van der Waals surface area contributed by atoms with Crippen molar-refractivity contribution in [3.63, 3.8) is 0 Å². The molecule has 2 aliphatic heterocycles. The average molecular weight is 386 g/mol. The molecule has 5 nitrogen and oxygen atoms in total. The molecule has 0 spiro atoms. The summed E-state index contributed by atoms with van der Waals surface area (Å²) in [6.07, 6.45) is 1.76. The van der Waals surface area contributed by atoms with Crippen LogP contribution in [0.2, 0.25) is 0 Å². The Morgan fingerprint density at radius 3 is 2.69 bits per heavy atom. The van der Waals surface area contributed by atoms with Crippen LogP contribution < -0.4 is 10.6 Å². The summed E-state index contributed by atoms with van der Waals surface area (Å²) in [4.78, 5) is 14.9. The predicted octanol–water partition coefficient (Wildman–Crippen LogP) is 2.13. The SMILES string of the molecule is C[C@H]1C[C@@H](C(=O)NCC(c2ccc(F)cc2)N2CCOCC2)CCN1.Cl. The molecule has 2 fully saturated rings. The van der Waals surface area contributed by atoms with Crippen LogP contribution >= 0.6 is 12.4 Å². The zero-order chi connectivity index (χ0) is 17.6. The maximum atomic E-state index is 13.3. The van der Waals surface area contributed by atoms with Crippen molar-refractivity contribution in [3.05, 3.63) is 35.6 Å². The number of ether oxygens (including phenoxy) is 1. The number of piperidine rings is 1. The summed E-state index contributed by atoms with van der Waals surface area (Å²) in [6.45, 7) is 6.58. The van der Waals surface area contributed by atoms with Gasteiger partial charge in [0.2, 0.25) is 5.91 Å². The summed E-state index contributed by atoms with van der Waals surface area (Å²) >= 11 is 0. The first-order valence-electron chi connectivity index (χ1n) is 9.22. The Labute approximate surface area is 161 Å². The molecule has 1 aromatic rings. The van der Waals surface area contributed by atoms with Crippen LogP contribution in [0.4, 0.5) is 4.39 Å². The highest BCUT2D eigenvalue weighted by Gasteiger charge is 2.27. The van der Waals surface area contributed by atoms with Crippen molar-refractivity contribution in [2.75, 3.05) is 39.4 Å². The minimum atomic E-state index is -0.239. The molecule has 2 heterocycles. The van der Waals surface area contributed by atoms with Crippen molar-refractivity contribution >= 4 is 18.3 Å². The maximum Gasteiger partial charge on any atom is 0.223 e. The minimum Gasteiger partial charge on any atom is -0.379 e. The van der Waals surface area contributed by atoms with Crippen molar-refractivity contribution in [2.24, 2.45) is 5.92 Å². The summed E-state index contributed by atoms with van der Waals surface area (Å²) in [7, 11) is 0. The van der Waals surface area contributed by atoms with Gasteiger partial charge in [0.1, 0.15) is 5.82 Å². The molecule has 2 saturated heterocycles. The van der Waals surface area contributed by atoms with E-state index in [9.17, 15) is 9.18 Å². The third-order valence-corrected chi connectivity index (χ3v) is 5.21. The Kier molecular flexibility index (Phi) is 8.28. The number of rotatable bonds is 5. The fraction of sp³-hybridized carbons (Fsp3) is 0.632. The number of hydrogen-bond acceptors (Lipinski definition) is 4. The van der Waals surface area contributed by atoms with Crippen LogP contribution in [0.5, 0.6) is 0 Å². The number of benzene rings is 1. The molecule has 3 atom stereocenters. The zero-order valence-electron chi connectivity index (χ0n) is 15.2. The van der Waals surface area contributed by atoms with Gasteiger partial charge in [0.15, 0.2) is 0 Å². The van der Waals surface area contributed by atoms with Gasteiger partial charge in [-0.1, -0.05) is 12.1 Å². The molecular weight excluding hydrogens is 357 g/mol. The topological polar surface area (TPSA) is 53.6 Å². The summed E-state index contributed by atoms with van der Waals surface area (Å²) in [5, 5.41) is 6.52. The third-order valence-electron chi connectivity index (χ3n) is 5.21. The van der Waals surface area contributed by atoms with E-state index in [-0.39, 0.29) is 36.1 Å². The van der Waals surface area contributed by atoms with Gasteiger partial charge in [-0.25, -0.2) is 4.39 Å². The Bertz CT molecular complexity index is 566. The van der Waals surface area contributed by atoms with Gasteiger partial charge >= 0.3 is 0 Å². The third kappa shape index (κ3) is 5.64. The highest BCUT2D eigenvalue weighted by Crippen LogP contribution is 2.22. The number of nitrogens with zero attached hydrogens (tertiary/aromatic N) is 1. The first-order valence-corrected chi connectivity index (χ1v) is 9.22. The lowest BCUT2D eigenvalue weighted by Crippen LogP contribution is -2.46. The molecule has 7 heteroatoms. The van der Waals surface area contributed by atoms with Gasteiger partial charge in [0.05, 0.1) is 19.3 Å². The summed E-state index contributed by atoms with van der Waals surface area (Å²) in [5.41, 5.74) is 1.03. The Morgan fingerprint density at radius 1 is 1.35 bits per heavy atom. The van der Waals surface area contributed by atoms with Crippen molar-refractivity contribution in [2.45, 2.75) is 31.8 Å². The predicted molar refractivity (Wildman–Crippen MR) is 102 cm³/mol. The van der Waals surface area contributed by atoms with E-state index in [1.807, 2.05) is 12.1 Å². The maximum absolute atomic E-state index is 13.3. The highest BCUT2D eigenvalue weighted by atomic mass is 35.5. The summed E-state index contributed by atoms with van der Waals surface area (Å²) in [6, 6.07) is 7.03. The van der Waals surface area contributed by atoms with E-state index in [2.05, 4.69) is 22.5 Å². The van der Waals surface area contributed by atoms with E-state index in [0.29, 0.717) is 25.8 Å². The van der Waals surface area contributed by atoms with Gasteiger partial charge in [-0.3, -0.25) is 9.69 Å². The fourth-order valence-corrected chi connectivity index (χ4v) is 3.74. The molecule has 2 N–H and O–H groups in total. The second-order valence-corrected chi connectivity index (χ2v) is 7.04. The molecule has 0 radical (unpaired) electrons. The van der Waals surface area contributed by atoms with E-state index in [1.54, 1.807) is 0 Å². The normalized spacial score (nSPS) is 25.2. The molecule has 1 amide bonds. The molecule has 0 bridgehead atoms. The molecule has 0 aromatic heterocycles. The second-order valence-electron chi connectivity index (χ2n) is 7.04. The average Bonchev–Trinajstić information content (AvgIpc) is 2.64. The molecule has 1 aromatic carbocycles. The molecular formula is C19H29ClFN3O2. The smallest absolute Gasteiger partial charge is 0.223 e. The Morgan fingerprint density at radius 2 is 2.04 bits per heavy atom. The molecule has 0 aliphatic carbocycles. The monoisotopic (exact) mass is 385 g/mol. The van der Waals surface area contributed by atoms with Gasteiger partial charge in [0.25, 0.3) is 0 Å². The lowest BCUT2D eigenvalue weighted by atomic mass is 9.92. The largest absolute Gasteiger partial charge is 0.379 e. The van der Waals surface area contributed by atoms with Crippen LogP contribution in [0.3, 0.4) is 0 Å². The first kappa shape index (κ1) is 21.1. The molecule has 26 heavy (non-hydrogen) atoms. The quantitative estimate of drug-likeness (QED) is 0.815. The highest BCUT2D eigenvalue weighted by molar-refractivity contribution is 5.85.